The molecule has 0 aromatic heterocycles. The molecule has 0 aliphatic heterocycles. The van der Waals surface area contributed by atoms with Crippen LogP contribution in [0.25, 0.3) is 0 Å². The van der Waals surface area contributed by atoms with Crippen molar-refractivity contribution in [1.82, 2.24) is 0 Å². The molecule has 0 saturated carbocycles. The molecule has 0 aliphatic rings. The van der Waals surface area contributed by atoms with Crippen LogP contribution in [0.4, 0.5) is 0 Å². The van der Waals surface area contributed by atoms with Gasteiger partial charge in [0, 0.05) is 6.26 Å². The van der Waals surface area contributed by atoms with Gasteiger partial charge < -0.3 is 15.2 Å². The van der Waals surface area contributed by atoms with Crippen molar-refractivity contribution < 1.29 is 13.7 Å². The number of hydrogen-bond acceptors (Lipinski definition) is 4. The lowest BCUT2D eigenvalue weighted by molar-refractivity contribution is 0.278. The Bertz CT molecular complexity index is 631. The molecule has 2 rings (SSSR count). The second-order valence-electron chi connectivity index (χ2n) is 5.16. The Morgan fingerprint density at radius 3 is 2.30 bits per heavy atom. The lowest BCUT2D eigenvalue weighted by atomic mass is 10.2. The Morgan fingerprint density at radius 1 is 0.957 bits per heavy atom. The summed E-state index contributed by atoms with van der Waals surface area (Å²) in [6.07, 6.45) is 3.42. The zero-order valence-corrected chi connectivity index (χ0v) is 14.2. The summed E-state index contributed by atoms with van der Waals surface area (Å²) in [5.41, 5.74) is 6.55. The summed E-state index contributed by atoms with van der Waals surface area (Å²) in [5, 5.41) is 0. The lowest BCUT2D eigenvalue weighted by Gasteiger charge is -2.14. The van der Waals surface area contributed by atoms with Crippen LogP contribution < -0.4 is 15.2 Å². The van der Waals surface area contributed by atoms with Crippen molar-refractivity contribution in [2.24, 2.45) is 5.73 Å². The molecule has 0 bridgehead atoms. The van der Waals surface area contributed by atoms with Crippen molar-refractivity contribution in [2.45, 2.75) is 24.3 Å². The first-order valence-corrected chi connectivity index (χ1v) is 9.24. The van der Waals surface area contributed by atoms with Gasteiger partial charge in [0.2, 0.25) is 0 Å². The van der Waals surface area contributed by atoms with E-state index < -0.39 is 10.8 Å². The number of benzene rings is 2. The van der Waals surface area contributed by atoms with Crippen LogP contribution in [-0.2, 0) is 17.4 Å². The standard InChI is InChI=1S/C18H23NO3S/c1-23(20)18-16(21-13-6-5-12-19)10-7-11-17(18)22-14-15-8-3-2-4-9-15/h2-4,7-11H,5-6,12-14,19H2,1H3. The summed E-state index contributed by atoms with van der Waals surface area (Å²) in [6, 6.07) is 15.4. The van der Waals surface area contributed by atoms with E-state index in [1.54, 1.807) is 6.26 Å². The molecule has 0 amide bonds. The second kappa shape index (κ2) is 9.33. The van der Waals surface area contributed by atoms with Crippen LogP contribution in [0.1, 0.15) is 18.4 Å². The molecular weight excluding hydrogens is 310 g/mol. The number of hydrogen-bond donors (Lipinski definition) is 1. The molecule has 124 valence electrons. The largest absolute Gasteiger partial charge is 0.492 e. The quantitative estimate of drug-likeness (QED) is 0.716. The van der Waals surface area contributed by atoms with Crippen molar-refractivity contribution in [3.05, 3.63) is 54.1 Å². The fourth-order valence-corrected chi connectivity index (χ4v) is 2.99. The maximum atomic E-state index is 12.1. The average Bonchev–Trinajstić information content (AvgIpc) is 2.57. The Morgan fingerprint density at radius 2 is 1.65 bits per heavy atom. The molecule has 0 spiro atoms. The predicted molar refractivity (Wildman–Crippen MR) is 93.3 cm³/mol. The highest BCUT2D eigenvalue weighted by Crippen LogP contribution is 2.32. The van der Waals surface area contributed by atoms with Crippen LogP contribution >= 0.6 is 0 Å². The van der Waals surface area contributed by atoms with Gasteiger partial charge in [0.05, 0.1) is 17.4 Å². The van der Waals surface area contributed by atoms with Crippen LogP contribution in [0, 0.1) is 0 Å². The van der Waals surface area contributed by atoms with Crippen molar-refractivity contribution in [3.63, 3.8) is 0 Å². The van der Waals surface area contributed by atoms with Crippen molar-refractivity contribution >= 4 is 10.8 Å². The maximum Gasteiger partial charge on any atom is 0.139 e. The van der Waals surface area contributed by atoms with Gasteiger partial charge in [0.25, 0.3) is 0 Å². The Kier molecular flexibility index (Phi) is 7.10. The van der Waals surface area contributed by atoms with E-state index in [-0.39, 0.29) is 0 Å². The third-order valence-electron chi connectivity index (χ3n) is 3.32. The Hall–Kier alpha value is -1.85. The molecular formula is C18H23NO3S. The minimum absolute atomic E-state index is 0.432. The van der Waals surface area contributed by atoms with Crippen molar-refractivity contribution in [1.29, 1.82) is 0 Å². The van der Waals surface area contributed by atoms with Gasteiger partial charge in [-0.2, -0.15) is 0 Å². The van der Waals surface area contributed by atoms with Crippen LogP contribution in [0.2, 0.25) is 0 Å². The smallest absolute Gasteiger partial charge is 0.139 e. The normalized spacial score (nSPS) is 11.9. The van der Waals surface area contributed by atoms with E-state index in [4.69, 9.17) is 15.2 Å². The number of nitrogens with two attached hydrogens (primary N) is 1. The van der Waals surface area contributed by atoms with Crippen LogP contribution in [0.3, 0.4) is 0 Å². The molecule has 0 aliphatic carbocycles. The highest BCUT2D eigenvalue weighted by molar-refractivity contribution is 7.84. The summed E-state index contributed by atoms with van der Waals surface area (Å²) in [6.45, 7) is 1.64. The SMILES string of the molecule is CS(=O)c1c(OCCCCN)cccc1OCc1ccccc1. The molecule has 1 unspecified atom stereocenters. The summed E-state index contributed by atoms with van der Waals surface area (Å²) >= 11 is 0. The van der Waals surface area contributed by atoms with E-state index in [0.717, 1.165) is 18.4 Å². The molecule has 0 saturated heterocycles. The molecule has 23 heavy (non-hydrogen) atoms. The van der Waals surface area contributed by atoms with E-state index in [0.29, 0.717) is 36.2 Å². The van der Waals surface area contributed by atoms with Gasteiger partial charge in [-0.15, -0.1) is 0 Å². The molecule has 0 heterocycles. The zero-order valence-electron chi connectivity index (χ0n) is 13.4. The lowest BCUT2D eigenvalue weighted by Crippen LogP contribution is -2.06. The average molecular weight is 333 g/mol. The topological polar surface area (TPSA) is 61.5 Å². The molecule has 2 aromatic rings. The first kappa shape index (κ1) is 17.5. The third kappa shape index (κ3) is 5.37. The van der Waals surface area contributed by atoms with E-state index in [2.05, 4.69) is 0 Å². The van der Waals surface area contributed by atoms with Gasteiger partial charge in [-0.3, -0.25) is 4.21 Å². The van der Waals surface area contributed by atoms with Gasteiger partial charge in [0.1, 0.15) is 23.0 Å². The van der Waals surface area contributed by atoms with Gasteiger partial charge in [-0.05, 0) is 37.1 Å². The number of unbranched alkanes of at least 4 members (excludes halogenated alkanes) is 1. The van der Waals surface area contributed by atoms with Gasteiger partial charge in [-0.1, -0.05) is 36.4 Å². The maximum absolute atomic E-state index is 12.1. The zero-order chi connectivity index (χ0) is 16.5. The summed E-state index contributed by atoms with van der Waals surface area (Å²) < 4.78 is 23.7. The van der Waals surface area contributed by atoms with Crippen LogP contribution in [0.5, 0.6) is 11.5 Å². The van der Waals surface area contributed by atoms with Gasteiger partial charge in [-0.25, -0.2) is 0 Å². The molecule has 0 fully saturated rings. The Labute approximate surface area is 140 Å². The fraction of sp³-hybridized carbons (Fsp3) is 0.333. The van der Waals surface area contributed by atoms with E-state index >= 15 is 0 Å². The number of rotatable bonds is 9. The highest BCUT2D eigenvalue weighted by atomic mass is 32.2. The van der Waals surface area contributed by atoms with Crippen LogP contribution in [0.15, 0.2) is 53.4 Å². The van der Waals surface area contributed by atoms with Crippen molar-refractivity contribution in [2.75, 3.05) is 19.4 Å². The predicted octanol–water partition coefficient (Wildman–Crippen LogP) is 3.12. The molecule has 2 aromatic carbocycles. The minimum atomic E-state index is -1.19. The highest BCUT2D eigenvalue weighted by Gasteiger charge is 2.14. The van der Waals surface area contributed by atoms with E-state index in [1.165, 1.54) is 0 Å². The first-order valence-electron chi connectivity index (χ1n) is 7.68. The monoisotopic (exact) mass is 333 g/mol. The molecule has 4 nitrogen and oxygen atoms in total. The van der Waals surface area contributed by atoms with Gasteiger partial charge >= 0.3 is 0 Å². The van der Waals surface area contributed by atoms with E-state index in [9.17, 15) is 4.21 Å². The third-order valence-corrected chi connectivity index (χ3v) is 4.30. The Balaban J connectivity index is 2.10. The molecule has 2 N–H and O–H groups in total. The molecule has 0 radical (unpaired) electrons. The van der Waals surface area contributed by atoms with Gasteiger partial charge in [0.15, 0.2) is 0 Å². The molecule has 5 heteroatoms. The minimum Gasteiger partial charge on any atom is -0.492 e. The second-order valence-corrected chi connectivity index (χ2v) is 6.47. The van der Waals surface area contributed by atoms with E-state index in [1.807, 2.05) is 48.5 Å². The van der Waals surface area contributed by atoms with Crippen molar-refractivity contribution in [3.8, 4) is 11.5 Å². The molecule has 1 atom stereocenters. The summed E-state index contributed by atoms with van der Waals surface area (Å²) in [7, 11) is -1.19. The number of ether oxygens (including phenoxy) is 2. The van der Waals surface area contributed by atoms with Crippen LogP contribution in [-0.4, -0.2) is 23.6 Å². The summed E-state index contributed by atoms with van der Waals surface area (Å²) in [5.74, 6) is 1.22. The fourth-order valence-electron chi connectivity index (χ4n) is 2.17. The first-order chi connectivity index (χ1) is 11.2. The summed E-state index contributed by atoms with van der Waals surface area (Å²) in [4.78, 5) is 0.608.